The van der Waals surface area contributed by atoms with E-state index in [-0.39, 0.29) is 24.3 Å². The zero-order valence-corrected chi connectivity index (χ0v) is 25.8. The number of ether oxygens (including phenoxy) is 3. The molecule has 0 radical (unpaired) electrons. The van der Waals surface area contributed by atoms with Gasteiger partial charge in [-0.3, -0.25) is 9.89 Å². The van der Waals surface area contributed by atoms with Gasteiger partial charge in [-0.1, -0.05) is 26.0 Å². The summed E-state index contributed by atoms with van der Waals surface area (Å²) in [5.41, 5.74) is 1.04. The van der Waals surface area contributed by atoms with Crippen LogP contribution in [-0.2, 0) is 16.0 Å². The predicted molar refractivity (Wildman–Crippen MR) is 158 cm³/mol. The van der Waals surface area contributed by atoms with Crippen molar-refractivity contribution < 1.29 is 44.5 Å². The monoisotopic (exact) mass is 608 g/mol. The summed E-state index contributed by atoms with van der Waals surface area (Å²) < 4.78 is 17.2. The van der Waals surface area contributed by atoms with E-state index in [9.17, 15) is 30.3 Å². The molecule has 1 saturated heterocycles. The first kappa shape index (κ1) is 34.7. The molecule has 1 aromatic carbocycles. The van der Waals surface area contributed by atoms with Crippen LogP contribution in [0.2, 0.25) is 0 Å². The number of aromatic amines is 1. The second-order valence-electron chi connectivity index (χ2n) is 12.5. The predicted octanol–water partition coefficient (Wildman–Crippen LogP) is 0.327. The number of carbonyl (C=O) groups is 1. The Bertz CT molecular complexity index is 1170. The molecule has 0 unspecified atom stereocenters. The standard InChI is InChI=1S/C30H48N4O9/c1-17(2)22-20(26(34-33-22)43-27-25(39)24(38)23(37)21(15-35)42-27)14-18-8-10-19(11-9-18)41-13-7-12-31-30(5,6)28(40)32-29(3,4)16-36/h8-11,17,21,23-25,27,31,35-39H,7,12-16H2,1-6H3,(H,32,40)(H,33,34)/t21-,23-,24+,25-,27+/m1/s1. The first-order valence-electron chi connectivity index (χ1n) is 14.6. The molecule has 1 aromatic heterocycles. The molecular weight excluding hydrogens is 560 g/mol. The molecule has 43 heavy (non-hydrogen) atoms. The third kappa shape index (κ3) is 9.11. The van der Waals surface area contributed by atoms with Gasteiger partial charge in [0.05, 0.1) is 30.9 Å². The van der Waals surface area contributed by atoms with Crippen LogP contribution in [0.15, 0.2) is 24.3 Å². The summed E-state index contributed by atoms with van der Waals surface area (Å²) >= 11 is 0. The zero-order valence-electron chi connectivity index (χ0n) is 25.8. The molecule has 242 valence electrons. The fraction of sp³-hybridized carbons (Fsp3) is 0.667. The summed E-state index contributed by atoms with van der Waals surface area (Å²) in [6.45, 7) is 11.4. The molecule has 0 bridgehead atoms. The lowest BCUT2D eigenvalue weighted by atomic mass is 9.98. The maximum atomic E-state index is 12.5. The minimum absolute atomic E-state index is 0.0862. The maximum Gasteiger partial charge on any atom is 0.240 e. The highest BCUT2D eigenvalue weighted by Crippen LogP contribution is 2.31. The van der Waals surface area contributed by atoms with Crippen LogP contribution in [0.3, 0.4) is 0 Å². The number of nitrogens with zero attached hydrogens (tertiary/aromatic N) is 1. The third-order valence-electron chi connectivity index (χ3n) is 7.39. The van der Waals surface area contributed by atoms with Crippen molar-refractivity contribution in [3.8, 4) is 11.6 Å². The van der Waals surface area contributed by atoms with Gasteiger partial charge < -0.3 is 50.4 Å². The molecule has 2 aromatic rings. The van der Waals surface area contributed by atoms with Gasteiger partial charge in [0.25, 0.3) is 0 Å². The molecule has 1 aliphatic rings. The highest BCUT2D eigenvalue weighted by molar-refractivity contribution is 5.86. The molecule has 3 rings (SSSR count). The summed E-state index contributed by atoms with van der Waals surface area (Å²) in [5.74, 6) is 0.781. The van der Waals surface area contributed by atoms with E-state index >= 15 is 0 Å². The topological polar surface area (TPSA) is 199 Å². The average molecular weight is 609 g/mol. The number of hydrogen-bond acceptors (Lipinski definition) is 11. The Labute approximate surface area is 252 Å². The van der Waals surface area contributed by atoms with Gasteiger partial charge in [0, 0.05) is 17.7 Å². The number of aliphatic hydroxyl groups excluding tert-OH is 5. The van der Waals surface area contributed by atoms with Crippen molar-refractivity contribution in [1.82, 2.24) is 20.8 Å². The molecule has 1 fully saturated rings. The SMILES string of the molecule is CC(C)c1[nH]nc(O[C@@H]2O[C@H](CO)[C@@H](O)[C@H](O)[C@H]2O)c1Cc1ccc(OCCCNC(C)(C)C(=O)NC(C)(C)CO)cc1. The van der Waals surface area contributed by atoms with Gasteiger partial charge >= 0.3 is 0 Å². The summed E-state index contributed by atoms with van der Waals surface area (Å²) in [6.07, 6.45) is -5.88. The van der Waals surface area contributed by atoms with E-state index in [4.69, 9.17) is 14.2 Å². The Morgan fingerprint density at radius 2 is 1.74 bits per heavy atom. The smallest absolute Gasteiger partial charge is 0.240 e. The zero-order chi connectivity index (χ0) is 31.9. The lowest BCUT2D eigenvalue weighted by Crippen LogP contribution is -2.60. The number of aromatic nitrogens is 2. The fourth-order valence-electron chi connectivity index (χ4n) is 4.54. The van der Waals surface area contributed by atoms with Gasteiger partial charge in [0.1, 0.15) is 30.2 Å². The van der Waals surface area contributed by atoms with Gasteiger partial charge in [-0.15, -0.1) is 5.10 Å². The van der Waals surface area contributed by atoms with Crippen LogP contribution in [-0.4, -0.2) is 110 Å². The number of hydrogen-bond donors (Lipinski definition) is 8. The van der Waals surface area contributed by atoms with E-state index in [0.29, 0.717) is 31.7 Å². The molecule has 1 amide bonds. The summed E-state index contributed by atoms with van der Waals surface area (Å²) in [7, 11) is 0. The van der Waals surface area contributed by atoms with Crippen LogP contribution in [0.1, 0.15) is 70.7 Å². The summed E-state index contributed by atoms with van der Waals surface area (Å²) in [6, 6.07) is 7.59. The lowest BCUT2D eigenvalue weighted by molar-refractivity contribution is -0.278. The van der Waals surface area contributed by atoms with E-state index in [2.05, 4.69) is 20.8 Å². The molecule has 13 nitrogen and oxygen atoms in total. The van der Waals surface area contributed by atoms with Gasteiger partial charge in [0.15, 0.2) is 0 Å². The van der Waals surface area contributed by atoms with Crippen molar-refractivity contribution in [3.05, 3.63) is 41.1 Å². The minimum Gasteiger partial charge on any atom is -0.494 e. The quantitative estimate of drug-likeness (QED) is 0.130. The Morgan fingerprint density at radius 1 is 1.07 bits per heavy atom. The molecule has 5 atom stereocenters. The Hall–Kier alpha value is -2.78. The fourth-order valence-corrected chi connectivity index (χ4v) is 4.54. The third-order valence-corrected chi connectivity index (χ3v) is 7.39. The van der Waals surface area contributed by atoms with Crippen molar-refractivity contribution in [2.75, 3.05) is 26.4 Å². The lowest BCUT2D eigenvalue weighted by Gasteiger charge is -2.39. The molecule has 1 aliphatic heterocycles. The molecule has 2 heterocycles. The summed E-state index contributed by atoms with van der Waals surface area (Å²) in [4.78, 5) is 12.5. The molecular formula is C30H48N4O9. The van der Waals surface area contributed by atoms with E-state index in [1.807, 2.05) is 38.1 Å². The van der Waals surface area contributed by atoms with E-state index in [1.165, 1.54) is 0 Å². The minimum atomic E-state index is -1.55. The normalized spacial score (nSPS) is 22.9. The molecule has 0 aliphatic carbocycles. The highest BCUT2D eigenvalue weighted by atomic mass is 16.7. The highest BCUT2D eigenvalue weighted by Gasteiger charge is 2.45. The number of rotatable bonds is 15. The first-order valence-corrected chi connectivity index (χ1v) is 14.6. The van der Waals surface area contributed by atoms with Gasteiger partial charge in [-0.05, 0) is 64.3 Å². The summed E-state index contributed by atoms with van der Waals surface area (Å²) in [5, 5.41) is 62.8. The Morgan fingerprint density at radius 3 is 2.35 bits per heavy atom. The first-order chi connectivity index (χ1) is 20.2. The second kappa shape index (κ2) is 14.8. The molecule has 13 heteroatoms. The maximum absolute atomic E-state index is 12.5. The van der Waals surface area contributed by atoms with Crippen molar-refractivity contribution in [2.24, 2.45) is 0 Å². The number of aliphatic hydroxyl groups is 5. The number of H-pyrrole nitrogens is 1. The number of benzene rings is 1. The van der Waals surface area contributed by atoms with Gasteiger partial charge in [0.2, 0.25) is 18.1 Å². The Kier molecular flexibility index (Phi) is 11.9. The largest absolute Gasteiger partial charge is 0.494 e. The average Bonchev–Trinajstić information content (AvgIpc) is 3.35. The molecule has 0 saturated carbocycles. The van der Waals surface area contributed by atoms with E-state index in [1.54, 1.807) is 27.7 Å². The van der Waals surface area contributed by atoms with Crippen molar-refractivity contribution in [1.29, 1.82) is 0 Å². The van der Waals surface area contributed by atoms with Gasteiger partial charge in [-0.25, -0.2) is 0 Å². The van der Waals surface area contributed by atoms with E-state index in [0.717, 1.165) is 16.8 Å². The van der Waals surface area contributed by atoms with Crippen molar-refractivity contribution in [2.45, 2.75) is 102 Å². The second-order valence-corrected chi connectivity index (χ2v) is 12.5. The number of nitrogens with one attached hydrogen (secondary N) is 3. The van der Waals surface area contributed by atoms with Gasteiger partial charge in [-0.2, -0.15) is 0 Å². The van der Waals surface area contributed by atoms with Crippen LogP contribution < -0.4 is 20.1 Å². The van der Waals surface area contributed by atoms with Crippen molar-refractivity contribution in [3.63, 3.8) is 0 Å². The van der Waals surface area contributed by atoms with Crippen molar-refractivity contribution >= 4 is 5.91 Å². The molecule has 8 N–H and O–H groups in total. The number of amides is 1. The van der Waals surface area contributed by atoms with E-state index < -0.39 is 48.4 Å². The van der Waals surface area contributed by atoms with Crippen LogP contribution in [0.4, 0.5) is 0 Å². The number of carbonyl (C=O) groups excluding carboxylic acids is 1. The molecule has 0 spiro atoms. The van der Waals surface area contributed by atoms with Crippen LogP contribution >= 0.6 is 0 Å². The van der Waals surface area contributed by atoms with Crippen LogP contribution in [0, 0.1) is 0 Å². The van der Waals surface area contributed by atoms with Crippen LogP contribution in [0.25, 0.3) is 0 Å². The van der Waals surface area contributed by atoms with Crippen LogP contribution in [0.5, 0.6) is 11.6 Å². The Balaban J connectivity index is 1.56.